The van der Waals surface area contributed by atoms with E-state index >= 15 is 0 Å². The van der Waals surface area contributed by atoms with E-state index in [0.717, 1.165) is 26.2 Å². The minimum absolute atomic E-state index is 0.386. The molecule has 2 rings (SSSR count). The molecule has 0 aliphatic carbocycles. The molecule has 1 saturated heterocycles. The van der Waals surface area contributed by atoms with E-state index < -0.39 is 0 Å². The first-order valence-corrected chi connectivity index (χ1v) is 7.25. The van der Waals surface area contributed by atoms with E-state index in [2.05, 4.69) is 54.8 Å². The third-order valence-electron chi connectivity index (χ3n) is 3.62. The highest BCUT2D eigenvalue weighted by Crippen LogP contribution is 2.23. The molecule has 2 N–H and O–H groups in total. The van der Waals surface area contributed by atoms with E-state index in [1.54, 1.807) is 0 Å². The van der Waals surface area contributed by atoms with E-state index in [-0.39, 0.29) is 0 Å². The van der Waals surface area contributed by atoms with Crippen molar-refractivity contribution in [1.82, 2.24) is 4.90 Å². The highest BCUT2D eigenvalue weighted by atomic mass is 15.3. The lowest BCUT2D eigenvalue weighted by Gasteiger charge is -2.39. The first-order chi connectivity index (χ1) is 8.99. The Balaban J connectivity index is 1.96. The fraction of sp³-hybridized carbons (Fsp3) is 0.625. The molecule has 0 aromatic heterocycles. The molecule has 0 unspecified atom stereocenters. The Morgan fingerprint density at radius 3 is 2.26 bits per heavy atom. The topological polar surface area (TPSA) is 32.5 Å². The van der Waals surface area contributed by atoms with Crippen molar-refractivity contribution in [2.75, 3.05) is 37.6 Å². The molecule has 1 aliphatic heterocycles. The largest absolute Gasteiger partial charge is 0.369 e. The fourth-order valence-corrected chi connectivity index (χ4v) is 2.81. The molecule has 0 saturated carbocycles. The lowest BCUT2D eigenvalue weighted by molar-refractivity contribution is 0.182. The number of piperazine rings is 1. The van der Waals surface area contributed by atoms with Crippen molar-refractivity contribution in [1.29, 1.82) is 0 Å². The SMILES string of the molecule is CC(C)(C)CN1CCN(c2ccccc2CN)CC1. The van der Waals surface area contributed by atoms with Gasteiger partial charge in [-0.25, -0.2) is 0 Å². The highest BCUT2D eigenvalue weighted by molar-refractivity contribution is 5.53. The van der Waals surface area contributed by atoms with Crippen molar-refractivity contribution in [2.45, 2.75) is 27.3 Å². The molecular formula is C16H27N3. The summed E-state index contributed by atoms with van der Waals surface area (Å²) in [5.41, 5.74) is 8.79. The number of benzene rings is 1. The molecule has 0 bridgehead atoms. The van der Waals surface area contributed by atoms with Gasteiger partial charge >= 0.3 is 0 Å². The van der Waals surface area contributed by atoms with Gasteiger partial charge < -0.3 is 10.6 Å². The van der Waals surface area contributed by atoms with Gasteiger partial charge in [0.05, 0.1) is 0 Å². The van der Waals surface area contributed by atoms with Gasteiger partial charge in [0.25, 0.3) is 0 Å². The number of rotatable bonds is 3. The minimum atomic E-state index is 0.386. The molecule has 1 aromatic carbocycles. The number of hydrogen-bond acceptors (Lipinski definition) is 3. The molecular weight excluding hydrogens is 234 g/mol. The summed E-state index contributed by atoms with van der Waals surface area (Å²) in [4.78, 5) is 5.04. The molecule has 0 amide bonds. The average Bonchev–Trinajstić information content (AvgIpc) is 2.38. The molecule has 0 spiro atoms. The van der Waals surface area contributed by atoms with Crippen molar-refractivity contribution in [3.63, 3.8) is 0 Å². The third-order valence-corrected chi connectivity index (χ3v) is 3.62. The zero-order valence-corrected chi connectivity index (χ0v) is 12.5. The van der Waals surface area contributed by atoms with Gasteiger partial charge in [-0.05, 0) is 17.0 Å². The number of nitrogens with zero attached hydrogens (tertiary/aromatic N) is 2. The number of para-hydroxylation sites is 1. The summed E-state index contributed by atoms with van der Waals surface area (Å²) in [6.45, 7) is 13.2. The maximum absolute atomic E-state index is 5.83. The lowest BCUT2D eigenvalue weighted by Crippen LogP contribution is -2.49. The Hall–Kier alpha value is -1.06. The molecule has 1 aliphatic rings. The Kier molecular flexibility index (Phi) is 4.48. The van der Waals surface area contributed by atoms with E-state index in [4.69, 9.17) is 5.73 Å². The third kappa shape index (κ3) is 3.95. The van der Waals surface area contributed by atoms with Crippen LogP contribution in [0.25, 0.3) is 0 Å². The first kappa shape index (κ1) is 14.4. The Labute approximate surface area is 117 Å². The predicted molar refractivity (Wildman–Crippen MR) is 82.4 cm³/mol. The number of nitrogens with two attached hydrogens (primary N) is 1. The normalized spacial score (nSPS) is 17.8. The van der Waals surface area contributed by atoms with Crippen LogP contribution in [0.3, 0.4) is 0 Å². The molecule has 0 radical (unpaired) electrons. The average molecular weight is 261 g/mol. The number of anilines is 1. The van der Waals surface area contributed by atoms with Crippen LogP contribution < -0.4 is 10.6 Å². The van der Waals surface area contributed by atoms with Crippen molar-refractivity contribution >= 4 is 5.69 Å². The smallest absolute Gasteiger partial charge is 0.0412 e. The fourth-order valence-electron chi connectivity index (χ4n) is 2.81. The van der Waals surface area contributed by atoms with Gasteiger partial charge in [-0.1, -0.05) is 39.0 Å². The number of hydrogen-bond donors (Lipinski definition) is 1. The zero-order chi connectivity index (χ0) is 13.9. The van der Waals surface area contributed by atoms with Crippen LogP contribution in [0.1, 0.15) is 26.3 Å². The first-order valence-electron chi connectivity index (χ1n) is 7.25. The summed E-state index contributed by atoms with van der Waals surface area (Å²) in [7, 11) is 0. The van der Waals surface area contributed by atoms with Crippen molar-refractivity contribution in [3.8, 4) is 0 Å². The van der Waals surface area contributed by atoms with Crippen LogP contribution in [0.15, 0.2) is 24.3 Å². The molecule has 19 heavy (non-hydrogen) atoms. The van der Waals surface area contributed by atoms with Gasteiger partial charge in [0.1, 0.15) is 0 Å². The molecule has 1 aromatic rings. The van der Waals surface area contributed by atoms with Gasteiger partial charge in [0.15, 0.2) is 0 Å². The molecule has 3 heteroatoms. The molecule has 1 heterocycles. The van der Waals surface area contributed by atoms with E-state index in [1.807, 2.05) is 0 Å². The van der Waals surface area contributed by atoms with E-state index in [1.165, 1.54) is 17.8 Å². The van der Waals surface area contributed by atoms with Crippen LogP contribution in [0, 0.1) is 5.41 Å². The van der Waals surface area contributed by atoms with Crippen LogP contribution in [0.2, 0.25) is 0 Å². The molecule has 1 fully saturated rings. The zero-order valence-electron chi connectivity index (χ0n) is 12.5. The van der Waals surface area contributed by atoms with Crippen molar-refractivity contribution in [2.24, 2.45) is 11.1 Å². The maximum atomic E-state index is 5.83. The quantitative estimate of drug-likeness (QED) is 0.906. The van der Waals surface area contributed by atoms with Gasteiger partial charge in [0.2, 0.25) is 0 Å². The van der Waals surface area contributed by atoms with Gasteiger partial charge in [-0.2, -0.15) is 0 Å². The Morgan fingerprint density at radius 1 is 1.05 bits per heavy atom. The summed E-state index contributed by atoms with van der Waals surface area (Å²) >= 11 is 0. The summed E-state index contributed by atoms with van der Waals surface area (Å²) in [5, 5.41) is 0. The van der Waals surface area contributed by atoms with Gasteiger partial charge in [0, 0.05) is 45.0 Å². The van der Waals surface area contributed by atoms with Crippen molar-refractivity contribution < 1.29 is 0 Å². The Morgan fingerprint density at radius 2 is 1.68 bits per heavy atom. The van der Waals surface area contributed by atoms with Crippen LogP contribution >= 0.6 is 0 Å². The monoisotopic (exact) mass is 261 g/mol. The van der Waals surface area contributed by atoms with Crippen LogP contribution in [0.5, 0.6) is 0 Å². The highest BCUT2D eigenvalue weighted by Gasteiger charge is 2.22. The van der Waals surface area contributed by atoms with E-state index in [0.29, 0.717) is 12.0 Å². The van der Waals surface area contributed by atoms with E-state index in [9.17, 15) is 0 Å². The molecule has 106 valence electrons. The molecule has 0 atom stereocenters. The lowest BCUT2D eigenvalue weighted by atomic mass is 9.95. The van der Waals surface area contributed by atoms with Crippen LogP contribution in [0.4, 0.5) is 5.69 Å². The summed E-state index contributed by atoms with van der Waals surface area (Å²) < 4.78 is 0. The second kappa shape index (κ2) is 5.93. The van der Waals surface area contributed by atoms with Gasteiger partial charge in [-0.15, -0.1) is 0 Å². The molecule has 3 nitrogen and oxygen atoms in total. The summed E-state index contributed by atoms with van der Waals surface area (Å²) in [6.07, 6.45) is 0. The van der Waals surface area contributed by atoms with Crippen LogP contribution in [-0.2, 0) is 6.54 Å². The maximum Gasteiger partial charge on any atom is 0.0412 e. The Bertz CT molecular complexity index is 401. The summed E-state index contributed by atoms with van der Waals surface area (Å²) in [5.74, 6) is 0. The predicted octanol–water partition coefficient (Wildman–Crippen LogP) is 2.31. The van der Waals surface area contributed by atoms with Gasteiger partial charge in [-0.3, -0.25) is 4.90 Å². The second-order valence-electron chi connectivity index (χ2n) is 6.66. The second-order valence-corrected chi connectivity index (χ2v) is 6.66. The standard InChI is InChI=1S/C16H27N3/c1-16(2,3)13-18-8-10-19(11-9-18)15-7-5-4-6-14(15)12-17/h4-7H,8-13,17H2,1-3H3. The van der Waals surface area contributed by atoms with Crippen LogP contribution in [-0.4, -0.2) is 37.6 Å². The van der Waals surface area contributed by atoms with Crippen molar-refractivity contribution in [3.05, 3.63) is 29.8 Å². The summed E-state index contributed by atoms with van der Waals surface area (Å²) in [6, 6.07) is 8.51. The minimum Gasteiger partial charge on any atom is -0.369 e.